The maximum absolute atomic E-state index is 11.6. The van der Waals surface area contributed by atoms with Gasteiger partial charge in [-0.2, -0.15) is 0 Å². The minimum atomic E-state index is -0.363. The van der Waals surface area contributed by atoms with E-state index in [0.717, 1.165) is 10.2 Å². The van der Waals surface area contributed by atoms with E-state index < -0.39 is 0 Å². The van der Waals surface area contributed by atoms with Gasteiger partial charge in [-0.3, -0.25) is 9.59 Å². The van der Waals surface area contributed by atoms with Crippen molar-refractivity contribution in [3.05, 3.63) is 22.4 Å². The van der Waals surface area contributed by atoms with Gasteiger partial charge >= 0.3 is 5.97 Å². The largest absolute Gasteiger partial charge is 0.466 e. The Morgan fingerprint density at radius 2 is 2.17 bits per heavy atom. The maximum Gasteiger partial charge on any atom is 0.306 e. The van der Waals surface area contributed by atoms with Crippen LogP contribution in [0.5, 0.6) is 0 Å². The lowest BCUT2D eigenvalue weighted by atomic mass is 10.2. The fourth-order valence-electron chi connectivity index (χ4n) is 1.30. The number of carbonyl (C=O) groups excluding carboxylic acids is 2. The van der Waals surface area contributed by atoms with Crippen molar-refractivity contribution < 1.29 is 14.3 Å². The number of amides is 1. The number of pyridine rings is 1. The molecule has 0 radical (unpaired) electrons. The lowest BCUT2D eigenvalue weighted by Gasteiger charge is -2.06. The highest BCUT2D eigenvalue weighted by Crippen LogP contribution is 2.16. The third-order valence-corrected chi connectivity index (χ3v) is 2.99. The Morgan fingerprint density at radius 1 is 1.44 bits per heavy atom. The fourth-order valence-corrected chi connectivity index (χ4v) is 1.52. The summed E-state index contributed by atoms with van der Waals surface area (Å²) in [4.78, 5) is 26.7. The average Bonchev–Trinajstić information content (AvgIpc) is 2.32. The third-order valence-electron chi connectivity index (χ3n) is 2.16. The highest BCUT2D eigenvalue weighted by molar-refractivity contribution is 9.10. The van der Waals surface area contributed by atoms with Gasteiger partial charge in [-0.25, -0.2) is 4.98 Å². The summed E-state index contributed by atoms with van der Waals surface area (Å²) >= 11 is 3.28. The predicted molar refractivity (Wildman–Crippen MR) is 71.2 cm³/mol. The van der Waals surface area contributed by atoms with Gasteiger partial charge in [-0.15, -0.1) is 0 Å². The smallest absolute Gasteiger partial charge is 0.306 e. The number of anilines is 1. The molecule has 1 heterocycles. The van der Waals surface area contributed by atoms with Crippen molar-refractivity contribution in [2.45, 2.75) is 26.7 Å². The van der Waals surface area contributed by atoms with E-state index in [2.05, 4.69) is 26.2 Å². The van der Waals surface area contributed by atoms with Crippen LogP contribution in [0.1, 0.15) is 25.3 Å². The van der Waals surface area contributed by atoms with E-state index in [-0.39, 0.29) is 24.7 Å². The van der Waals surface area contributed by atoms with E-state index in [1.807, 2.05) is 6.92 Å². The van der Waals surface area contributed by atoms with E-state index in [0.29, 0.717) is 12.3 Å². The van der Waals surface area contributed by atoms with Gasteiger partial charge in [0.05, 0.1) is 24.9 Å². The second kappa shape index (κ2) is 7.10. The van der Waals surface area contributed by atoms with Crippen molar-refractivity contribution in [2.24, 2.45) is 0 Å². The topological polar surface area (TPSA) is 68.3 Å². The molecule has 0 aliphatic heterocycles. The first-order valence-electron chi connectivity index (χ1n) is 5.60. The highest BCUT2D eigenvalue weighted by atomic mass is 79.9. The summed E-state index contributed by atoms with van der Waals surface area (Å²) in [6.45, 7) is 3.94. The third kappa shape index (κ3) is 4.83. The molecule has 0 saturated carbocycles. The second-order valence-corrected chi connectivity index (χ2v) is 4.44. The van der Waals surface area contributed by atoms with Gasteiger partial charge in [0.15, 0.2) is 0 Å². The molecule has 1 rings (SSSR count). The molecule has 1 amide bonds. The molecule has 0 aliphatic rings. The van der Waals surface area contributed by atoms with Crippen LogP contribution in [0.15, 0.2) is 16.9 Å². The minimum absolute atomic E-state index is 0.0859. The maximum atomic E-state index is 11.6. The van der Waals surface area contributed by atoms with Crippen LogP contribution in [0.3, 0.4) is 0 Å². The van der Waals surface area contributed by atoms with Gasteiger partial charge in [-0.1, -0.05) is 0 Å². The molecule has 0 fully saturated rings. The summed E-state index contributed by atoms with van der Waals surface area (Å²) in [6.07, 6.45) is 1.75. The first-order valence-corrected chi connectivity index (χ1v) is 6.40. The van der Waals surface area contributed by atoms with Crippen LogP contribution in [0.4, 0.5) is 5.69 Å². The summed E-state index contributed by atoms with van der Waals surface area (Å²) in [6, 6.07) is 1.80. The van der Waals surface area contributed by atoms with Gasteiger partial charge < -0.3 is 10.1 Å². The van der Waals surface area contributed by atoms with Crippen LogP contribution in [0, 0.1) is 6.92 Å². The van der Waals surface area contributed by atoms with E-state index >= 15 is 0 Å². The number of nitrogens with one attached hydrogen (secondary N) is 1. The quantitative estimate of drug-likeness (QED) is 0.669. The van der Waals surface area contributed by atoms with Gasteiger partial charge in [0.1, 0.15) is 4.60 Å². The SMILES string of the molecule is CCOC(=O)CCC(=O)Nc1cnc(Br)c(C)c1. The van der Waals surface area contributed by atoms with Gasteiger partial charge in [0.2, 0.25) is 5.91 Å². The molecule has 0 bridgehead atoms. The van der Waals surface area contributed by atoms with E-state index in [1.54, 1.807) is 19.2 Å². The lowest BCUT2D eigenvalue weighted by Crippen LogP contribution is -2.14. The van der Waals surface area contributed by atoms with Crippen LogP contribution in [0.2, 0.25) is 0 Å². The Bertz CT molecular complexity index is 449. The Morgan fingerprint density at radius 3 is 2.78 bits per heavy atom. The van der Waals surface area contributed by atoms with Crippen molar-refractivity contribution in [3.63, 3.8) is 0 Å². The number of aromatic nitrogens is 1. The molecule has 0 saturated heterocycles. The summed E-state index contributed by atoms with van der Waals surface area (Å²) in [5, 5.41) is 2.68. The molecule has 1 N–H and O–H groups in total. The molecule has 0 atom stereocenters. The molecule has 5 nitrogen and oxygen atoms in total. The number of rotatable bonds is 5. The zero-order chi connectivity index (χ0) is 13.5. The van der Waals surface area contributed by atoms with E-state index in [1.165, 1.54) is 0 Å². The fraction of sp³-hybridized carbons (Fsp3) is 0.417. The number of ether oxygens (including phenoxy) is 1. The summed E-state index contributed by atoms with van der Waals surface area (Å²) < 4.78 is 5.48. The number of halogens is 1. The molecule has 0 unspecified atom stereocenters. The Balaban J connectivity index is 2.44. The molecule has 6 heteroatoms. The Hall–Kier alpha value is -1.43. The summed E-state index contributed by atoms with van der Waals surface area (Å²) in [5.74, 6) is -0.593. The molecule has 0 aliphatic carbocycles. The number of aryl methyl sites for hydroxylation is 1. The van der Waals surface area contributed by atoms with Crippen molar-refractivity contribution >= 4 is 33.5 Å². The minimum Gasteiger partial charge on any atom is -0.466 e. The average molecular weight is 315 g/mol. The molecule has 1 aromatic heterocycles. The molecule has 98 valence electrons. The number of nitrogens with zero attached hydrogens (tertiary/aromatic N) is 1. The van der Waals surface area contributed by atoms with Crippen LogP contribution in [-0.4, -0.2) is 23.5 Å². The Kier molecular flexibility index (Phi) is 5.77. The summed E-state index contributed by atoms with van der Waals surface area (Å²) in [7, 11) is 0. The monoisotopic (exact) mass is 314 g/mol. The number of hydrogen-bond acceptors (Lipinski definition) is 4. The highest BCUT2D eigenvalue weighted by Gasteiger charge is 2.08. The molecule has 0 aromatic carbocycles. The molecule has 18 heavy (non-hydrogen) atoms. The predicted octanol–water partition coefficient (Wildman–Crippen LogP) is 2.43. The van der Waals surface area contributed by atoms with Crippen LogP contribution in [-0.2, 0) is 14.3 Å². The number of hydrogen-bond donors (Lipinski definition) is 1. The zero-order valence-corrected chi connectivity index (χ0v) is 11.9. The second-order valence-electron chi connectivity index (χ2n) is 3.68. The van der Waals surface area contributed by atoms with Crippen LogP contribution < -0.4 is 5.32 Å². The lowest BCUT2D eigenvalue weighted by molar-refractivity contribution is -0.144. The van der Waals surface area contributed by atoms with Crippen molar-refractivity contribution in [1.29, 1.82) is 0 Å². The normalized spacial score (nSPS) is 9.94. The van der Waals surface area contributed by atoms with Crippen LogP contribution >= 0.6 is 15.9 Å². The van der Waals surface area contributed by atoms with E-state index in [9.17, 15) is 9.59 Å². The molecule has 0 spiro atoms. The first kappa shape index (κ1) is 14.6. The van der Waals surface area contributed by atoms with E-state index in [4.69, 9.17) is 4.74 Å². The molecular formula is C12H15BrN2O3. The standard InChI is InChI=1S/C12H15BrN2O3/c1-3-18-11(17)5-4-10(16)15-9-6-8(2)12(13)14-7-9/h6-7H,3-5H2,1-2H3,(H,15,16). The van der Waals surface area contributed by atoms with Gasteiger partial charge in [-0.05, 0) is 41.4 Å². The molecule has 1 aromatic rings. The molecular weight excluding hydrogens is 300 g/mol. The van der Waals surface area contributed by atoms with Crippen molar-refractivity contribution in [1.82, 2.24) is 4.98 Å². The number of esters is 1. The van der Waals surface area contributed by atoms with Gasteiger partial charge in [0.25, 0.3) is 0 Å². The van der Waals surface area contributed by atoms with Gasteiger partial charge in [0, 0.05) is 6.42 Å². The summed E-state index contributed by atoms with van der Waals surface area (Å²) in [5.41, 5.74) is 1.54. The van der Waals surface area contributed by atoms with Crippen LogP contribution in [0.25, 0.3) is 0 Å². The van der Waals surface area contributed by atoms with Crippen molar-refractivity contribution in [2.75, 3.05) is 11.9 Å². The Labute approximate surface area is 114 Å². The van der Waals surface area contributed by atoms with Crippen molar-refractivity contribution in [3.8, 4) is 0 Å². The zero-order valence-electron chi connectivity index (χ0n) is 10.3. The first-order chi connectivity index (χ1) is 8.52. The number of carbonyl (C=O) groups is 2.